The summed E-state index contributed by atoms with van der Waals surface area (Å²) in [7, 11) is 0. The summed E-state index contributed by atoms with van der Waals surface area (Å²) in [5.74, 6) is -1.84. The average Bonchev–Trinajstić information content (AvgIpc) is 2.85. The molecule has 0 heterocycles. The minimum absolute atomic E-state index is 0.0750. The number of aliphatic carboxylic acids is 1. The highest BCUT2D eigenvalue weighted by atomic mass is 16.4. The van der Waals surface area contributed by atoms with E-state index in [1.165, 1.54) is 0 Å². The smallest absolute Gasteiger partial charge is 0.326 e. The van der Waals surface area contributed by atoms with Gasteiger partial charge in [0.15, 0.2) is 5.78 Å². The number of benzene rings is 2. The van der Waals surface area contributed by atoms with Crippen molar-refractivity contribution in [3.8, 4) is 0 Å². The Labute approximate surface area is 212 Å². The zero-order valence-electron chi connectivity index (χ0n) is 20.8. The van der Waals surface area contributed by atoms with Crippen LogP contribution in [0.4, 0.5) is 0 Å². The van der Waals surface area contributed by atoms with Gasteiger partial charge in [-0.2, -0.15) is 0 Å². The largest absolute Gasteiger partial charge is 0.480 e. The molecule has 1 aliphatic carbocycles. The van der Waals surface area contributed by atoms with Gasteiger partial charge in [-0.15, -0.1) is 0 Å². The van der Waals surface area contributed by atoms with Gasteiger partial charge in [0.1, 0.15) is 12.1 Å². The number of carbonyl (C=O) groups is 4. The van der Waals surface area contributed by atoms with Gasteiger partial charge in [-0.3, -0.25) is 14.4 Å². The maximum absolute atomic E-state index is 13.1. The Kier molecular flexibility index (Phi) is 9.56. The SMILES string of the molecule is CC(C)CC(NC(=O)C(Cc1ccccc1)NC(=O)c1ccc(/C=C2\CCCCC2=O)cc1)C(=O)O. The van der Waals surface area contributed by atoms with Crippen LogP contribution < -0.4 is 10.6 Å². The summed E-state index contributed by atoms with van der Waals surface area (Å²) in [4.78, 5) is 49.9. The van der Waals surface area contributed by atoms with Gasteiger partial charge in [0, 0.05) is 18.4 Å². The minimum atomic E-state index is -1.11. The van der Waals surface area contributed by atoms with E-state index in [0.29, 0.717) is 12.0 Å². The van der Waals surface area contributed by atoms with Gasteiger partial charge in [0.05, 0.1) is 0 Å². The molecule has 2 atom stereocenters. The van der Waals surface area contributed by atoms with Crippen molar-refractivity contribution in [2.45, 2.75) is 64.5 Å². The molecule has 3 rings (SSSR count). The molecule has 0 bridgehead atoms. The van der Waals surface area contributed by atoms with Crippen molar-refractivity contribution < 1.29 is 24.3 Å². The fourth-order valence-corrected chi connectivity index (χ4v) is 4.25. The van der Waals surface area contributed by atoms with Crippen molar-refractivity contribution in [3.05, 3.63) is 76.9 Å². The van der Waals surface area contributed by atoms with Crippen LogP contribution in [-0.2, 0) is 20.8 Å². The summed E-state index contributed by atoms with van der Waals surface area (Å²) in [6.07, 6.45) is 5.66. The minimum Gasteiger partial charge on any atom is -0.480 e. The number of nitrogens with one attached hydrogen (secondary N) is 2. The molecule has 0 aromatic heterocycles. The predicted octanol–water partition coefficient (Wildman–Crippen LogP) is 4.17. The molecule has 1 aliphatic rings. The lowest BCUT2D eigenvalue weighted by Gasteiger charge is -2.22. The highest BCUT2D eigenvalue weighted by Gasteiger charge is 2.27. The van der Waals surface area contributed by atoms with Crippen molar-refractivity contribution in [2.24, 2.45) is 5.92 Å². The first-order valence-electron chi connectivity index (χ1n) is 12.4. The number of ketones is 1. The fraction of sp³-hybridized carbons (Fsp3) is 0.379. The number of amides is 2. The Morgan fingerprint density at radius 3 is 2.19 bits per heavy atom. The summed E-state index contributed by atoms with van der Waals surface area (Å²) in [6.45, 7) is 3.77. The standard InChI is InChI=1S/C29H34N2O5/c1-19(2)16-25(29(35)36)31-28(34)24(18-20-8-4-3-5-9-20)30-27(33)22-14-12-21(13-15-22)17-23-10-6-7-11-26(23)32/h3-5,8-9,12-15,17,19,24-25H,6-7,10-11,16,18H2,1-2H3,(H,30,33)(H,31,34)(H,35,36)/b23-17+. The summed E-state index contributed by atoms with van der Waals surface area (Å²) in [5, 5.41) is 14.9. The van der Waals surface area contributed by atoms with Crippen LogP contribution in [0.25, 0.3) is 6.08 Å². The van der Waals surface area contributed by atoms with Gasteiger partial charge in [-0.25, -0.2) is 4.79 Å². The number of rotatable bonds is 10. The molecule has 0 radical (unpaired) electrons. The monoisotopic (exact) mass is 490 g/mol. The van der Waals surface area contributed by atoms with Gasteiger partial charge in [-0.05, 0) is 66.5 Å². The van der Waals surface area contributed by atoms with E-state index < -0.39 is 29.9 Å². The Morgan fingerprint density at radius 2 is 1.58 bits per heavy atom. The number of carboxylic acid groups (broad SMARTS) is 1. The van der Waals surface area contributed by atoms with Crippen molar-refractivity contribution in [1.29, 1.82) is 0 Å². The van der Waals surface area contributed by atoms with Crippen LogP contribution in [0.3, 0.4) is 0 Å². The summed E-state index contributed by atoms with van der Waals surface area (Å²) in [6, 6.07) is 14.1. The lowest BCUT2D eigenvalue weighted by molar-refractivity contribution is -0.142. The first-order valence-corrected chi connectivity index (χ1v) is 12.4. The Morgan fingerprint density at radius 1 is 0.917 bits per heavy atom. The topological polar surface area (TPSA) is 113 Å². The van der Waals surface area contributed by atoms with Crippen molar-refractivity contribution in [2.75, 3.05) is 0 Å². The van der Waals surface area contributed by atoms with E-state index in [9.17, 15) is 24.3 Å². The molecule has 0 saturated heterocycles. The maximum Gasteiger partial charge on any atom is 0.326 e. The van der Waals surface area contributed by atoms with Crippen LogP contribution >= 0.6 is 0 Å². The Hall–Kier alpha value is -3.74. The third-order valence-corrected chi connectivity index (χ3v) is 6.20. The second-order valence-electron chi connectivity index (χ2n) is 9.67. The van der Waals surface area contributed by atoms with Crippen LogP contribution in [0, 0.1) is 5.92 Å². The fourth-order valence-electron chi connectivity index (χ4n) is 4.25. The molecule has 36 heavy (non-hydrogen) atoms. The predicted molar refractivity (Wildman–Crippen MR) is 138 cm³/mol. The average molecular weight is 491 g/mol. The van der Waals surface area contributed by atoms with E-state index >= 15 is 0 Å². The third kappa shape index (κ3) is 7.90. The van der Waals surface area contributed by atoms with Gasteiger partial charge in [-0.1, -0.05) is 56.3 Å². The van der Waals surface area contributed by atoms with Crippen molar-refractivity contribution in [3.63, 3.8) is 0 Å². The number of hydrogen-bond donors (Lipinski definition) is 3. The quantitative estimate of drug-likeness (QED) is 0.433. The van der Waals surface area contributed by atoms with E-state index in [1.54, 1.807) is 24.3 Å². The Bertz CT molecular complexity index is 1110. The van der Waals surface area contributed by atoms with Gasteiger partial charge in [0.2, 0.25) is 5.91 Å². The highest BCUT2D eigenvalue weighted by molar-refractivity contribution is 6.01. The van der Waals surface area contributed by atoms with Crippen LogP contribution in [0.5, 0.6) is 0 Å². The van der Waals surface area contributed by atoms with E-state index in [0.717, 1.165) is 36.0 Å². The zero-order chi connectivity index (χ0) is 26.1. The first-order chi connectivity index (χ1) is 17.2. The molecular formula is C29H34N2O5. The lowest BCUT2D eigenvalue weighted by atomic mass is 9.92. The van der Waals surface area contributed by atoms with E-state index in [-0.39, 0.29) is 24.5 Å². The number of carboxylic acids is 1. The first kappa shape index (κ1) is 26.9. The summed E-state index contributed by atoms with van der Waals surface area (Å²) >= 11 is 0. The summed E-state index contributed by atoms with van der Waals surface area (Å²) < 4.78 is 0. The molecule has 2 aromatic carbocycles. The molecule has 7 nitrogen and oxygen atoms in total. The molecule has 1 saturated carbocycles. The van der Waals surface area contributed by atoms with E-state index in [4.69, 9.17) is 0 Å². The molecule has 1 fully saturated rings. The van der Waals surface area contributed by atoms with Crippen LogP contribution in [-0.4, -0.2) is 40.8 Å². The third-order valence-electron chi connectivity index (χ3n) is 6.20. The molecule has 2 unspecified atom stereocenters. The molecule has 2 aromatic rings. The highest BCUT2D eigenvalue weighted by Crippen LogP contribution is 2.22. The maximum atomic E-state index is 13.1. The molecule has 0 spiro atoms. The number of carbonyl (C=O) groups excluding carboxylic acids is 3. The van der Waals surface area contributed by atoms with Crippen LogP contribution in [0.1, 0.15) is 67.4 Å². The van der Waals surface area contributed by atoms with Crippen molar-refractivity contribution >= 4 is 29.6 Å². The van der Waals surface area contributed by atoms with Crippen molar-refractivity contribution in [1.82, 2.24) is 10.6 Å². The molecular weight excluding hydrogens is 456 g/mol. The van der Waals surface area contributed by atoms with E-state index in [1.807, 2.05) is 50.3 Å². The lowest BCUT2D eigenvalue weighted by Crippen LogP contribution is -2.52. The molecule has 2 amide bonds. The zero-order valence-corrected chi connectivity index (χ0v) is 20.8. The van der Waals surface area contributed by atoms with Gasteiger partial charge in [0.25, 0.3) is 5.91 Å². The number of Topliss-reactive ketones (excluding diaryl/α,β-unsaturated/α-hetero) is 1. The van der Waals surface area contributed by atoms with Crippen LogP contribution in [0.15, 0.2) is 60.2 Å². The van der Waals surface area contributed by atoms with Crippen LogP contribution in [0.2, 0.25) is 0 Å². The molecule has 7 heteroatoms. The van der Waals surface area contributed by atoms with E-state index in [2.05, 4.69) is 10.6 Å². The normalized spacial score (nSPS) is 16.4. The summed E-state index contributed by atoms with van der Waals surface area (Å²) in [5.41, 5.74) is 2.86. The Balaban J connectivity index is 1.74. The van der Waals surface area contributed by atoms with Gasteiger partial charge < -0.3 is 15.7 Å². The number of hydrogen-bond acceptors (Lipinski definition) is 4. The number of allylic oxidation sites excluding steroid dienone is 1. The van der Waals surface area contributed by atoms with Gasteiger partial charge >= 0.3 is 5.97 Å². The second kappa shape index (κ2) is 12.8. The molecule has 0 aliphatic heterocycles. The molecule has 3 N–H and O–H groups in total. The second-order valence-corrected chi connectivity index (χ2v) is 9.67. The molecule has 190 valence electrons.